The molecule has 11 nitrogen and oxygen atoms in total. The number of benzene rings is 3. The van der Waals surface area contributed by atoms with Gasteiger partial charge in [0.15, 0.2) is 17.3 Å². The number of Topliss-reactive ketones (excluding diaryl/α,β-unsaturated/α-hetero) is 1. The van der Waals surface area contributed by atoms with E-state index >= 15 is 0 Å². The fourth-order valence-electron chi connectivity index (χ4n) is 6.34. The number of non-ortho nitro benzene ring substituents is 1. The first kappa shape index (κ1) is 32.1. The average molecular weight is 628 g/mol. The smallest absolute Gasteiger partial charge is 0.271 e. The number of aryl methyl sites for hydroxylation is 1. The van der Waals surface area contributed by atoms with Gasteiger partial charge < -0.3 is 24.1 Å². The zero-order valence-corrected chi connectivity index (χ0v) is 26.9. The Kier molecular flexibility index (Phi) is 8.53. The molecule has 0 unspecified atom stereocenters. The number of ether oxygens (including phenoxy) is 4. The van der Waals surface area contributed by atoms with Gasteiger partial charge in [0, 0.05) is 46.9 Å². The molecule has 1 atom stereocenters. The Morgan fingerprint density at radius 1 is 0.957 bits per heavy atom. The van der Waals surface area contributed by atoms with Crippen molar-refractivity contribution < 1.29 is 33.8 Å². The van der Waals surface area contributed by atoms with Gasteiger partial charge in [-0.3, -0.25) is 25.2 Å². The van der Waals surface area contributed by atoms with Crippen LogP contribution >= 0.6 is 0 Å². The molecule has 2 aliphatic rings. The van der Waals surface area contributed by atoms with Gasteiger partial charge in [-0.05, 0) is 66.3 Å². The van der Waals surface area contributed by atoms with Gasteiger partial charge in [-0.25, -0.2) is 0 Å². The largest absolute Gasteiger partial charge is 0.507 e. The summed E-state index contributed by atoms with van der Waals surface area (Å²) < 4.78 is 22.2. The second kappa shape index (κ2) is 12.2. The molecule has 1 aliphatic carbocycles. The summed E-state index contributed by atoms with van der Waals surface area (Å²) in [7, 11) is 6.00. The molecule has 1 aliphatic heterocycles. The number of hydrogen-bond acceptors (Lipinski definition) is 9. The van der Waals surface area contributed by atoms with Crippen LogP contribution in [-0.2, 0) is 4.79 Å². The van der Waals surface area contributed by atoms with Crippen molar-refractivity contribution in [3.05, 3.63) is 98.2 Å². The fraction of sp³-hybridized carbons (Fsp3) is 0.314. The molecule has 0 fully saturated rings. The predicted octanol–water partition coefficient (Wildman–Crippen LogP) is 7.13. The zero-order valence-electron chi connectivity index (χ0n) is 26.9. The van der Waals surface area contributed by atoms with Gasteiger partial charge in [-0.15, -0.1) is 0 Å². The van der Waals surface area contributed by atoms with Crippen LogP contribution < -0.4 is 23.8 Å². The molecule has 240 valence electrons. The number of carbonyl (C=O) groups is 1. The lowest BCUT2D eigenvalue weighted by atomic mass is 9.67. The van der Waals surface area contributed by atoms with Crippen molar-refractivity contribution in [1.29, 1.82) is 5.41 Å². The van der Waals surface area contributed by atoms with E-state index < -0.39 is 16.3 Å². The Labute approximate surface area is 267 Å². The Hall–Kier alpha value is -5.32. The summed E-state index contributed by atoms with van der Waals surface area (Å²) in [6, 6.07) is 14.6. The van der Waals surface area contributed by atoms with E-state index in [0.29, 0.717) is 63.1 Å². The third-order valence-corrected chi connectivity index (χ3v) is 8.51. The molecule has 0 aromatic heterocycles. The van der Waals surface area contributed by atoms with Crippen LogP contribution in [0, 0.1) is 27.9 Å². The van der Waals surface area contributed by atoms with Gasteiger partial charge in [0.1, 0.15) is 17.3 Å². The van der Waals surface area contributed by atoms with Crippen LogP contribution in [0.4, 0.5) is 11.4 Å². The molecule has 2 N–H and O–H groups in total. The molecule has 0 bridgehead atoms. The first-order valence-electron chi connectivity index (χ1n) is 14.6. The van der Waals surface area contributed by atoms with Crippen molar-refractivity contribution in [2.45, 2.75) is 39.5 Å². The molecule has 0 amide bonds. The number of rotatable bonds is 8. The SMILES string of the molecule is COc1ccc(C(O)=C2C(=N)N(c3cc([N+](=O)[O-])ccc3C)C3=C(C(=O)CC(C)(C)C3)[C@H]2c2cc(OC)c(OC)c(OC)c2)cc1. The summed E-state index contributed by atoms with van der Waals surface area (Å²) in [6.45, 7) is 5.75. The first-order chi connectivity index (χ1) is 21.8. The minimum atomic E-state index is -0.919. The van der Waals surface area contributed by atoms with Gasteiger partial charge in [-0.1, -0.05) is 19.9 Å². The molecule has 0 radical (unpaired) electrons. The summed E-state index contributed by atoms with van der Waals surface area (Å²) in [5, 5.41) is 33.7. The maximum atomic E-state index is 14.3. The van der Waals surface area contributed by atoms with E-state index in [2.05, 4.69) is 0 Å². The molecule has 1 heterocycles. The standard InChI is InChI=1S/C35H37N3O8/c1-19-8-11-22(38(41)42)16-24(19)37-25-17-35(2,3)18-26(39)30(25)29(21-14-27(44-5)33(46-7)28(15-21)45-6)31(34(37)36)32(40)20-9-12-23(43-4)13-10-20/h8-16,29,36,40H,17-18H2,1-7H3/t29-/m1/s1. The quantitative estimate of drug-likeness (QED) is 0.151. The third kappa shape index (κ3) is 5.53. The number of carbonyl (C=O) groups excluding carboxylic acids is 1. The number of nitrogens with zero attached hydrogens (tertiary/aromatic N) is 2. The third-order valence-electron chi connectivity index (χ3n) is 8.51. The van der Waals surface area contributed by atoms with E-state index in [4.69, 9.17) is 18.9 Å². The van der Waals surface area contributed by atoms with Crippen LogP contribution in [0.5, 0.6) is 23.0 Å². The van der Waals surface area contributed by atoms with Gasteiger partial charge in [0.2, 0.25) is 5.75 Å². The number of ketones is 1. The maximum absolute atomic E-state index is 14.3. The van der Waals surface area contributed by atoms with Crippen molar-refractivity contribution in [2.24, 2.45) is 5.41 Å². The Bertz CT molecular complexity index is 1780. The van der Waals surface area contributed by atoms with Crippen molar-refractivity contribution in [3.8, 4) is 23.0 Å². The molecule has 11 heteroatoms. The summed E-state index contributed by atoms with van der Waals surface area (Å²) >= 11 is 0. The molecule has 5 rings (SSSR count). The van der Waals surface area contributed by atoms with Crippen LogP contribution in [0.25, 0.3) is 5.76 Å². The summed E-state index contributed by atoms with van der Waals surface area (Å²) in [6.07, 6.45) is 0.620. The second-order valence-corrected chi connectivity index (χ2v) is 12.1. The second-order valence-electron chi connectivity index (χ2n) is 12.1. The van der Waals surface area contributed by atoms with E-state index in [1.54, 1.807) is 54.3 Å². The van der Waals surface area contributed by atoms with Crippen LogP contribution in [0.3, 0.4) is 0 Å². The summed E-state index contributed by atoms with van der Waals surface area (Å²) in [5.74, 6) is 0.170. The number of aliphatic hydroxyl groups excluding tert-OH is 1. The van der Waals surface area contributed by atoms with E-state index in [0.717, 1.165) is 0 Å². The summed E-state index contributed by atoms with van der Waals surface area (Å²) in [4.78, 5) is 27.3. The molecule has 46 heavy (non-hydrogen) atoms. The fourth-order valence-corrected chi connectivity index (χ4v) is 6.34. The molecule has 0 spiro atoms. The lowest BCUT2D eigenvalue weighted by Crippen LogP contribution is -2.45. The number of methoxy groups -OCH3 is 4. The lowest BCUT2D eigenvalue weighted by molar-refractivity contribution is -0.384. The highest BCUT2D eigenvalue weighted by Crippen LogP contribution is 2.53. The van der Waals surface area contributed by atoms with Crippen LogP contribution in [-0.4, -0.2) is 50.1 Å². The van der Waals surface area contributed by atoms with Gasteiger partial charge >= 0.3 is 0 Å². The zero-order chi connectivity index (χ0) is 33.5. The number of anilines is 1. The van der Waals surface area contributed by atoms with Crippen LogP contribution in [0.1, 0.15) is 49.3 Å². The number of aliphatic hydroxyl groups is 1. The predicted molar refractivity (Wildman–Crippen MR) is 174 cm³/mol. The highest BCUT2D eigenvalue weighted by atomic mass is 16.6. The maximum Gasteiger partial charge on any atom is 0.271 e. The van der Waals surface area contributed by atoms with E-state index in [-0.39, 0.29) is 35.1 Å². The van der Waals surface area contributed by atoms with E-state index in [9.17, 15) is 25.4 Å². The number of hydrogen-bond donors (Lipinski definition) is 2. The molecule has 3 aromatic carbocycles. The lowest BCUT2D eigenvalue weighted by Gasteiger charge is -2.45. The van der Waals surface area contributed by atoms with Crippen LogP contribution in [0.2, 0.25) is 0 Å². The minimum Gasteiger partial charge on any atom is -0.507 e. The summed E-state index contributed by atoms with van der Waals surface area (Å²) in [5.41, 5.74) is 2.39. The average Bonchev–Trinajstić information content (AvgIpc) is 3.03. The highest BCUT2D eigenvalue weighted by molar-refractivity contribution is 6.20. The number of nitro benzene ring substituents is 1. The minimum absolute atomic E-state index is 0.125. The van der Waals surface area contributed by atoms with E-state index in [1.165, 1.54) is 40.6 Å². The number of allylic oxidation sites excluding steroid dienone is 2. The molecule has 3 aromatic rings. The van der Waals surface area contributed by atoms with Gasteiger partial charge in [0.25, 0.3) is 5.69 Å². The van der Waals surface area contributed by atoms with E-state index in [1.807, 2.05) is 13.8 Å². The van der Waals surface area contributed by atoms with Crippen molar-refractivity contribution in [3.63, 3.8) is 0 Å². The molecule has 0 saturated heterocycles. The normalized spacial score (nSPS) is 18.6. The first-order valence-corrected chi connectivity index (χ1v) is 14.6. The van der Waals surface area contributed by atoms with Crippen molar-refractivity contribution in [1.82, 2.24) is 0 Å². The number of amidine groups is 1. The monoisotopic (exact) mass is 627 g/mol. The Balaban J connectivity index is 1.92. The van der Waals surface area contributed by atoms with Crippen molar-refractivity contribution >= 4 is 28.8 Å². The van der Waals surface area contributed by atoms with Crippen molar-refractivity contribution in [2.75, 3.05) is 33.3 Å². The van der Waals surface area contributed by atoms with Crippen LogP contribution in [0.15, 0.2) is 71.4 Å². The highest BCUT2D eigenvalue weighted by Gasteiger charge is 2.47. The Morgan fingerprint density at radius 2 is 1.59 bits per heavy atom. The molecule has 0 saturated carbocycles. The van der Waals surface area contributed by atoms with Gasteiger partial charge in [-0.2, -0.15) is 0 Å². The molecular formula is C35H37N3O8. The number of nitro groups is 1. The number of nitrogens with one attached hydrogen (secondary N) is 1. The Morgan fingerprint density at radius 3 is 2.13 bits per heavy atom. The topological polar surface area (TPSA) is 144 Å². The molecular weight excluding hydrogens is 590 g/mol. The van der Waals surface area contributed by atoms with Gasteiger partial charge in [0.05, 0.1) is 39.0 Å².